The SMILES string of the molecule is O=C(O)C(=O)CCCS(=O)c1ccccc1. The highest BCUT2D eigenvalue weighted by atomic mass is 32.2. The van der Waals surface area contributed by atoms with Crippen LogP contribution >= 0.6 is 0 Å². The number of carboxylic acid groups (broad SMARTS) is 1. The molecule has 0 saturated carbocycles. The van der Waals surface area contributed by atoms with Gasteiger partial charge in [-0.15, -0.1) is 0 Å². The molecule has 1 atom stereocenters. The van der Waals surface area contributed by atoms with Gasteiger partial charge in [-0.3, -0.25) is 9.00 Å². The molecule has 5 heteroatoms. The summed E-state index contributed by atoms with van der Waals surface area (Å²) in [5, 5.41) is 8.34. The summed E-state index contributed by atoms with van der Waals surface area (Å²) in [6.45, 7) is 0. The largest absolute Gasteiger partial charge is 0.476 e. The highest BCUT2D eigenvalue weighted by molar-refractivity contribution is 7.85. The first-order chi connectivity index (χ1) is 7.61. The van der Waals surface area contributed by atoms with Crippen LogP contribution < -0.4 is 0 Å². The molecule has 0 aliphatic heterocycles. The van der Waals surface area contributed by atoms with Crippen LogP contribution in [0.25, 0.3) is 0 Å². The Morgan fingerprint density at radius 3 is 2.38 bits per heavy atom. The molecule has 0 aromatic heterocycles. The first-order valence-electron chi connectivity index (χ1n) is 4.81. The number of carbonyl (C=O) groups excluding carboxylic acids is 1. The molecule has 0 aliphatic carbocycles. The normalized spacial score (nSPS) is 12.0. The maximum absolute atomic E-state index is 11.6. The average Bonchev–Trinajstić information content (AvgIpc) is 2.29. The lowest BCUT2D eigenvalue weighted by atomic mass is 10.2. The summed E-state index contributed by atoms with van der Waals surface area (Å²) >= 11 is 0. The number of benzene rings is 1. The summed E-state index contributed by atoms with van der Waals surface area (Å²) in [6, 6.07) is 8.89. The van der Waals surface area contributed by atoms with Crippen molar-refractivity contribution in [3.63, 3.8) is 0 Å². The van der Waals surface area contributed by atoms with Crippen LogP contribution in [0.1, 0.15) is 12.8 Å². The van der Waals surface area contributed by atoms with Crippen LogP contribution in [-0.2, 0) is 20.4 Å². The van der Waals surface area contributed by atoms with E-state index >= 15 is 0 Å². The smallest absolute Gasteiger partial charge is 0.372 e. The zero-order valence-corrected chi connectivity index (χ0v) is 9.40. The van der Waals surface area contributed by atoms with E-state index in [1.54, 1.807) is 24.3 Å². The lowest BCUT2D eigenvalue weighted by molar-refractivity contribution is -0.149. The summed E-state index contributed by atoms with van der Waals surface area (Å²) in [7, 11) is -1.16. The molecule has 1 unspecified atom stereocenters. The third-order valence-corrected chi connectivity index (χ3v) is 3.44. The highest BCUT2D eigenvalue weighted by Gasteiger charge is 2.11. The molecule has 1 rings (SSSR count). The van der Waals surface area contributed by atoms with Crippen LogP contribution in [0.2, 0.25) is 0 Å². The Hall–Kier alpha value is -1.49. The minimum atomic E-state index is -1.43. The van der Waals surface area contributed by atoms with Crippen molar-refractivity contribution >= 4 is 22.6 Å². The van der Waals surface area contributed by atoms with Crippen molar-refractivity contribution in [3.8, 4) is 0 Å². The van der Waals surface area contributed by atoms with Crippen molar-refractivity contribution < 1.29 is 18.9 Å². The zero-order chi connectivity index (χ0) is 12.0. The molecule has 16 heavy (non-hydrogen) atoms. The molecule has 0 saturated heterocycles. The van der Waals surface area contributed by atoms with Gasteiger partial charge in [0.1, 0.15) is 0 Å². The van der Waals surface area contributed by atoms with E-state index in [1.807, 2.05) is 6.07 Å². The Kier molecular flexibility index (Phi) is 4.85. The van der Waals surface area contributed by atoms with Gasteiger partial charge in [-0.25, -0.2) is 4.79 Å². The minimum Gasteiger partial charge on any atom is -0.476 e. The summed E-state index contributed by atoms with van der Waals surface area (Å²) in [6.07, 6.45) is 0.264. The number of Topliss-reactive ketones (excluding diaryl/α,β-unsaturated/α-hetero) is 1. The van der Waals surface area contributed by atoms with E-state index in [9.17, 15) is 13.8 Å². The lowest BCUT2D eigenvalue weighted by Crippen LogP contribution is -2.13. The molecule has 1 N–H and O–H groups in total. The van der Waals surface area contributed by atoms with Crippen LogP contribution in [-0.4, -0.2) is 26.8 Å². The lowest BCUT2D eigenvalue weighted by Gasteiger charge is -2.00. The fourth-order valence-electron chi connectivity index (χ4n) is 1.16. The number of ketones is 1. The Balaban J connectivity index is 2.37. The van der Waals surface area contributed by atoms with Gasteiger partial charge in [-0.2, -0.15) is 0 Å². The standard InChI is InChI=1S/C11H12O4S/c12-10(11(13)14)7-4-8-16(15)9-5-2-1-3-6-9/h1-3,5-6H,4,7-8H2,(H,13,14). The quantitative estimate of drug-likeness (QED) is 0.759. The second kappa shape index (κ2) is 6.17. The third kappa shape index (κ3) is 3.94. The van der Waals surface area contributed by atoms with E-state index in [1.165, 1.54) is 0 Å². The van der Waals surface area contributed by atoms with Gasteiger partial charge < -0.3 is 5.11 Å². The van der Waals surface area contributed by atoms with E-state index in [2.05, 4.69) is 0 Å². The Morgan fingerprint density at radius 2 is 1.81 bits per heavy atom. The number of hydrogen-bond donors (Lipinski definition) is 1. The van der Waals surface area contributed by atoms with E-state index in [-0.39, 0.29) is 6.42 Å². The summed E-state index contributed by atoms with van der Waals surface area (Å²) in [5.41, 5.74) is 0. The van der Waals surface area contributed by atoms with Gasteiger partial charge in [0, 0.05) is 17.1 Å². The van der Waals surface area contributed by atoms with Gasteiger partial charge in [0.25, 0.3) is 0 Å². The second-order valence-electron chi connectivity index (χ2n) is 3.19. The van der Waals surface area contributed by atoms with Crippen LogP contribution in [0.4, 0.5) is 0 Å². The van der Waals surface area contributed by atoms with Crippen LogP contribution in [0.3, 0.4) is 0 Å². The minimum absolute atomic E-state index is 0.0616. The number of carboxylic acids is 1. The van der Waals surface area contributed by atoms with Gasteiger partial charge in [0.2, 0.25) is 5.78 Å². The number of hydrogen-bond acceptors (Lipinski definition) is 3. The Morgan fingerprint density at radius 1 is 1.19 bits per heavy atom. The fourth-order valence-corrected chi connectivity index (χ4v) is 2.26. The molecule has 1 aromatic carbocycles. The maximum Gasteiger partial charge on any atom is 0.372 e. The fraction of sp³-hybridized carbons (Fsp3) is 0.273. The van der Waals surface area contributed by atoms with Crippen LogP contribution in [0.15, 0.2) is 35.2 Å². The van der Waals surface area contributed by atoms with Gasteiger partial charge in [0.15, 0.2) is 0 Å². The molecule has 4 nitrogen and oxygen atoms in total. The van der Waals surface area contributed by atoms with Gasteiger partial charge in [0.05, 0.1) is 10.8 Å². The van der Waals surface area contributed by atoms with Gasteiger partial charge >= 0.3 is 5.97 Å². The second-order valence-corrected chi connectivity index (χ2v) is 4.77. The molecular weight excluding hydrogens is 228 g/mol. The molecule has 1 aromatic rings. The summed E-state index contributed by atoms with van der Waals surface area (Å²) in [4.78, 5) is 21.7. The first-order valence-corrected chi connectivity index (χ1v) is 6.12. The topological polar surface area (TPSA) is 71.4 Å². The first kappa shape index (κ1) is 12.6. The number of carbonyl (C=O) groups is 2. The van der Waals surface area contributed by atoms with Crippen molar-refractivity contribution in [2.24, 2.45) is 0 Å². The molecule has 0 fully saturated rings. The molecule has 0 spiro atoms. The number of aliphatic carboxylic acids is 1. The Labute approximate surface area is 95.7 Å². The van der Waals surface area contributed by atoms with Crippen molar-refractivity contribution in [1.82, 2.24) is 0 Å². The maximum atomic E-state index is 11.6. The molecule has 0 heterocycles. The van der Waals surface area contributed by atoms with Crippen molar-refractivity contribution in [1.29, 1.82) is 0 Å². The molecular formula is C11H12O4S. The van der Waals surface area contributed by atoms with Crippen molar-refractivity contribution in [2.45, 2.75) is 17.7 Å². The Bertz CT molecular complexity index is 400. The molecule has 86 valence electrons. The van der Waals surface area contributed by atoms with Crippen LogP contribution in [0.5, 0.6) is 0 Å². The van der Waals surface area contributed by atoms with E-state index in [0.717, 1.165) is 0 Å². The van der Waals surface area contributed by atoms with E-state index in [0.29, 0.717) is 17.1 Å². The summed E-state index contributed by atoms with van der Waals surface area (Å²) in [5.74, 6) is -1.95. The zero-order valence-electron chi connectivity index (χ0n) is 8.59. The summed E-state index contributed by atoms with van der Waals surface area (Å²) < 4.78 is 11.6. The predicted octanol–water partition coefficient (Wildman–Crippen LogP) is 1.23. The predicted molar refractivity (Wildman–Crippen MR) is 59.6 cm³/mol. The molecule has 0 radical (unpaired) electrons. The van der Waals surface area contributed by atoms with E-state index < -0.39 is 22.6 Å². The monoisotopic (exact) mass is 240 g/mol. The highest BCUT2D eigenvalue weighted by Crippen LogP contribution is 2.07. The van der Waals surface area contributed by atoms with Crippen molar-refractivity contribution in [3.05, 3.63) is 30.3 Å². The molecule has 0 amide bonds. The molecule has 0 aliphatic rings. The van der Waals surface area contributed by atoms with E-state index in [4.69, 9.17) is 5.11 Å². The average molecular weight is 240 g/mol. The van der Waals surface area contributed by atoms with Crippen molar-refractivity contribution in [2.75, 3.05) is 5.75 Å². The van der Waals surface area contributed by atoms with Crippen LogP contribution in [0, 0.1) is 0 Å². The molecule has 0 bridgehead atoms. The van der Waals surface area contributed by atoms with Gasteiger partial charge in [-0.1, -0.05) is 18.2 Å². The third-order valence-electron chi connectivity index (χ3n) is 1.98. The number of rotatable bonds is 6. The van der Waals surface area contributed by atoms with Gasteiger partial charge in [-0.05, 0) is 18.6 Å².